The number of halogens is 1. The van der Waals surface area contributed by atoms with Crippen LogP contribution in [0.1, 0.15) is 26.3 Å². The van der Waals surface area contributed by atoms with Crippen molar-refractivity contribution in [1.82, 2.24) is 20.8 Å². The first kappa shape index (κ1) is 16.4. The summed E-state index contributed by atoms with van der Waals surface area (Å²) < 4.78 is 5.14. The number of carbonyl (C=O) groups excluding carboxylic acids is 1. The summed E-state index contributed by atoms with van der Waals surface area (Å²) in [5, 5.41) is 1.79. The molecule has 1 aliphatic heterocycles. The summed E-state index contributed by atoms with van der Waals surface area (Å²) in [5.41, 5.74) is 14.2. The zero-order valence-corrected chi connectivity index (χ0v) is 13.5. The van der Waals surface area contributed by atoms with E-state index in [4.69, 9.17) is 22.1 Å². The molecule has 5 N–H and O–H groups in total. The van der Waals surface area contributed by atoms with Crippen LogP contribution in [-0.2, 0) is 11.3 Å². The molecule has 0 saturated carbocycles. The minimum Gasteiger partial charge on any atom is -0.443 e. The van der Waals surface area contributed by atoms with Crippen molar-refractivity contribution in [1.29, 1.82) is 0 Å². The quantitative estimate of drug-likeness (QED) is 0.477. The third-order valence-corrected chi connectivity index (χ3v) is 2.86. The van der Waals surface area contributed by atoms with Crippen molar-refractivity contribution in [2.75, 3.05) is 28.6 Å². The molecule has 0 aromatic carbocycles. The van der Waals surface area contributed by atoms with E-state index in [1.165, 1.54) is 0 Å². The standard InChI is InChI=1S/C12H20ClN7O2/c1-12(2,3)22-11(21)19-18-8-7-6-15-20(5-4-13)9(7)17-10(14)16-8/h15H,4-6H2,1-3H3,(H,19,21)(H3,14,16,17,18). The summed E-state index contributed by atoms with van der Waals surface area (Å²) in [4.78, 5) is 20.0. The highest BCUT2D eigenvalue weighted by Gasteiger charge is 2.25. The van der Waals surface area contributed by atoms with E-state index in [1.807, 2.05) is 0 Å². The fourth-order valence-corrected chi connectivity index (χ4v) is 2.08. The van der Waals surface area contributed by atoms with Gasteiger partial charge in [-0.1, -0.05) is 0 Å². The van der Waals surface area contributed by atoms with E-state index >= 15 is 0 Å². The maximum atomic E-state index is 11.7. The van der Waals surface area contributed by atoms with Crippen molar-refractivity contribution in [2.45, 2.75) is 32.9 Å². The summed E-state index contributed by atoms with van der Waals surface area (Å²) >= 11 is 5.75. The highest BCUT2D eigenvalue weighted by Crippen LogP contribution is 2.28. The van der Waals surface area contributed by atoms with Gasteiger partial charge in [0, 0.05) is 19.0 Å². The van der Waals surface area contributed by atoms with Gasteiger partial charge in [-0.05, 0) is 20.8 Å². The SMILES string of the molecule is CC(C)(C)OC(=O)NNc1nc(N)nc2c1CNN2CCCl. The van der Waals surface area contributed by atoms with E-state index in [2.05, 4.69) is 26.2 Å². The molecule has 122 valence electrons. The number of hydrogen-bond acceptors (Lipinski definition) is 8. The van der Waals surface area contributed by atoms with Crippen LogP contribution in [-0.4, -0.2) is 34.1 Å². The Morgan fingerprint density at radius 1 is 1.50 bits per heavy atom. The number of alkyl halides is 1. The van der Waals surface area contributed by atoms with Crippen molar-refractivity contribution in [3.8, 4) is 0 Å². The number of fused-ring (bicyclic) bond motifs is 1. The molecule has 9 nitrogen and oxygen atoms in total. The summed E-state index contributed by atoms with van der Waals surface area (Å²) in [7, 11) is 0. The van der Waals surface area contributed by atoms with Crippen LogP contribution in [0.4, 0.5) is 22.4 Å². The van der Waals surface area contributed by atoms with Crippen molar-refractivity contribution >= 4 is 35.3 Å². The third-order valence-electron chi connectivity index (χ3n) is 2.69. The molecule has 0 spiro atoms. The second kappa shape index (κ2) is 6.41. The Kier molecular flexibility index (Phi) is 4.77. The van der Waals surface area contributed by atoms with E-state index in [0.717, 1.165) is 5.56 Å². The number of nitrogen functional groups attached to an aromatic ring is 1. The Bertz CT molecular complexity index is 561. The lowest BCUT2D eigenvalue weighted by molar-refractivity contribution is 0.0541. The topological polar surface area (TPSA) is 117 Å². The van der Waals surface area contributed by atoms with E-state index in [1.54, 1.807) is 25.8 Å². The van der Waals surface area contributed by atoms with Gasteiger partial charge in [-0.25, -0.2) is 15.6 Å². The molecule has 2 heterocycles. The number of nitrogens with zero attached hydrogens (tertiary/aromatic N) is 3. The van der Waals surface area contributed by atoms with Crippen LogP contribution in [0.2, 0.25) is 0 Å². The lowest BCUT2D eigenvalue weighted by Crippen LogP contribution is -2.36. The average molecular weight is 330 g/mol. The van der Waals surface area contributed by atoms with Crippen molar-refractivity contribution in [3.05, 3.63) is 5.56 Å². The Morgan fingerprint density at radius 3 is 2.86 bits per heavy atom. The van der Waals surface area contributed by atoms with Gasteiger partial charge < -0.3 is 10.5 Å². The van der Waals surface area contributed by atoms with Gasteiger partial charge in [0.05, 0.1) is 5.56 Å². The highest BCUT2D eigenvalue weighted by atomic mass is 35.5. The maximum Gasteiger partial charge on any atom is 0.426 e. The summed E-state index contributed by atoms with van der Waals surface area (Å²) in [5.74, 6) is 1.59. The average Bonchev–Trinajstić information content (AvgIpc) is 2.78. The van der Waals surface area contributed by atoms with Crippen LogP contribution in [0.3, 0.4) is 0 Å². The number of hydrogen-bond donors (Lipinski definition) is 4. The molecule has 1 aliphatic rings. The van der Waals surface area contributed by atoms with Crippen molar-refractivity contribution in [3.63, 3.8) is 0 Å². The first-order chi connectivity index (χ1) is 10.3. The van der Waals surface area contributed by atoms with Gasteiger partial charge in [-0.3, -0.25) is 10.4 Å². The first-order valence-corrected chi connectivity index (χ1v) is 7.32. The van der Waals surface area contributed by atoms with E-state index < -0.39 is 11.7 Å². The molecule has 1 amide bonds. The van der Waals surface area contributed by atoms with E-state index in [9.17, 15) is 4.79 Å². The summed E-state index contributed by atoms with van der Waals surface area (Å²) in [6.07, 6.45) is -0.609. The Hall–Kier alpha value is -2.00. The molecule has 0 aliphatic carbocycles. The molecule has 0 unspecified atom stereocenters. The van der Waals surface area contributed by atoms with Gasteiger partial charge in [0.15, 0.2) is 11.6 Å². The fraction of sp³-hybridized carbons (Fsp3) is 0.583. The molecule has 1 aromatic rings. The summed E-state index contributed by atoms with van der Waals surface area (Å²) in [6.45, 7) is 6.41. The van der Waals surface area contributed by atoms with Crippen molar-refractivity contribution < 1.29 is 9.53 Å². The first-order valence-electron chi connectivity index (χ1n) is 6.78. The molecule has 0 saturated heterocycles. The highest BCUT2D eigenvalue weighted by molar-refractivity contribution is 6.18. The minimum absolute atomic E-state index is 0.0931. The van der Waals surface area contributed by atoms with Gasteiger partial charge in [-0.15, -0.1) is 11.6 Å². The van der Waals surface area contributed by atoms with Gasteiger partial charge in [0.2, 0.25) is 5.95 Å². The number of amides is 1. The largest absolute Gasteiger partial charge is 0.443 e. The molecule has 0 fully saturated rings. The molecule has 22 heavy (non-hydrogen) atoms. The number of aromatic nitrogens is 2. The van der Waals surface area contributed by atoms with Crippen LogP contribution in [0.15, 0.2) is 0 Å². The predicted octanol–water partition coefficient (Wildman–Crippen LogP) is 0.974. The number of rotatable bonds is 4. The van der Waals surface area contributed by atoms with E-state index in [-0.39, 0.29) is 5.95 Å². The molecular formula is C12H20ClN7O2. The number of ether oxygens (including phenoxy) is 1. The van der Waals surface area contributed by atoms with E-state index in [0.29, 0.717) is 30.6 Å². The number of carbonyl (C=O) groups is 1. The number of nitrogens with two attached hydrogens (primary N) is 1. The Balaban J connectivity index is 2.09. The number of nitrogens with one attached hydrogen (secondary N) is 3. The van der Waals surface area contributed by atoms with Crippen LogP contribution in [0, 0.1) is 0 Å². The second-order valence-electron chi connectivity index (χ2n) is 5.66. The minimum atomic E-state index is -0.609. The number of anilines is 3. The predicted molar refractivity (Wildman–Crippen MR) is 84.3 cm³/mol. The second-order valence-corrected chi connectivity index (χ2v) is 6.04. The zero-order valence-electron chi connectivity index (χ0n) is 12.7. The fourth-order valence-electron chi connectivity index (χ4n) is 1.91. The monoisotopic (exact) mass is 329 g/mol. The Morgan fingerprint density at radius 2 is 2.23 bits per heavy atom. The molecule has 0 radical (unpaired) electrons. The van der Waals surface area contributed by atoms with Crippen molar-refractivity contribution in [2.24, 2.45) is 0 Å². The smallest absolute Gasteiger partial charge is 0.426 e. The lowest BCUT2D eigenvalue weighted by atomic mass is 10.2. The van der Waals surface area contributed by atoms with Gasteiger partial charge >= 0.3 is 6.09 Å². The molecule has 2 rings (SSSR count). The number of hydrazine groups is 2. The van der Waals surface area contributed by atoms with Crippen LogP contribution in [0.25, 0.3) is 0 Å². The van der Waals surface area contributed by atoms with Gasteiger partial charge in [-0.2, -0.15) is 9.97 Å². The lowest BCUT2D eigenvalue weighted by Gasteiger charge is -2.20. The summed E-state index contributed by atoms with van der Waals surface area (Å²) in [6, 6.07) is 0. The van der Waals surface area contributed by atoms with Crippen LogP contribution in [0.5, 0.6) is 0 Å². The normalized spacial score (nSPS) is 13.7. The van der Waals surface area contributed by atoms with Gasteiger partial charge in [0.1, 0.15) is 5.60 Å². The molecule has 0 atom stereocenters. The third kappa shape index (κ3) is 4.01. The van der Waals surface area contributed by atoms with Crippen LogP contribution < -0.4 is 27.0 Å². The molecule has 10 heteroatoms. The van der Waals surface area contributed by atoms with Gasteiger partial charge in [0.25, 0.3) is 0 Å². The molecule has 0 bridgehead atoms. The maximum absolute atomic E-state index is 11.7. The molecular weight excluding hydrogens is 310 g/mol. The Labute approximate surface area is 133 Å². The van der Waals surface area contributed by atoms with Crippen LogP contribution >= 0.6 is 11.6 Å². The molecule has 1 aromatic heterocycles. The zero-order chi connectivity index (χ0) is 16.3.